The Morgan fingerprint density at radius 3 is 2.61 bits per heavy atom. The van der Waals surface area contributed by atoms with Gasteiger partial charge >= 0.3 is 5.97 Å². The van der Waals surface area contributed by atoms with E-state index in [1.165, 1.54) is 19.0 Å². The number of aldehydes is 1. The lowest BCUT2D eigenvalue weighted by Gasteiger charge is -2.59. The number of hydrogen-bond donors (Lipinski definition) is 0. The molecule has 0 aromatic rings. The molecule has 0 amide bonds. The van der Waals surface area contributed by atoms with Crippen molar-refractivity contribution in [3.63, 3.8) is 0 Å². The summed E-state index contributed by atoms with van der Waals surface area (Å²) in [6.07, 6.45) is 10.7. The lowest BCUT2D eigenvalue weighted by atomic mass is 9.44. The summed E-state index contributed by atoms with van der Waals surface area (Å²) in [6.45, 7) is 6.57. The predicted octanol–water partition coefficient (Wildman–Crippen LogP) is 4.31. The number of carbonyl (C=O) groups excluding carboxylic acids is 2. The number of allylic oxidation sites excluding steroid dienone is 2. The topological polar surface area (TPSA) is 43.4 Å². The van der Waals surface area contributed by atoms with E-state index in [-0.39, 0.29) is 22.2 Å². The van der Waals surface area contributed by atoms with E-state index in [1.807, 2.05) is 0 Å². The highest BCUT2D eigenvalue weighted by Crippen LogP contribution is 2.64. The van der Waals surface area contributed by atoms with Crippen molar-refractivity contribution in [3.8, 4) is 0 Å². The van der Waals surface area contributed by atoms with Crippen LogP contribution in [0, 0.1) is 28.1 Å². The summed E-state index contributed by atoms with van der Waals surface area (Å²) in [7, 11) is 1.51. The summed E-state index contributed by atoms with van der Waals surface area (Å²) in [6, 6.07) is 0. The van der Waals surface area contributed by atoms with E-state index in [4.69, 9.17) is 4.74 Å². The van der Waals surface area contributed by atoms with Gasteiger partial charge in [0.25, 0.3) is 0 Å². The number of hydrogen-bond acceptors (Lipinski definition) is 3. The minimum Gasteiger partial charge on any atom is -0.469 e. The predicted molar refractivity (Wildman–Crippen MR) is 89.8 cm³/mol. The molecule has 5 atom stereocenters. The van der Waals surface area contributed by atoms with Crippen LogP contribution < -0.4 is 0 Å². The maximum absolute atomic E-state index is 12.5. The highest BCUT2D eigenvalue weighted by molar-refractivity contribution is 5.77. The Kier molecular flexibility index (Phi) is 3.97. The van der Waals surface area contributed by atoms with Gasteiger partial charge in [0.15, 0.2) is 0 Å². The quantitative estimate of drug-likeness (QED) is 0.433. The summed E-state index contributed by atoms with van der Waals surface area (Å²) in [5, 5.41) is 0. The first kappa shape index (κ1) is 16.7. The van der Waals surface area contributed by atoms with Crippen LogP contribution in [0.5, 0.6) is 0 Å². The van der Waals surface area contributed by atoms with Crippen LogP contribution in [0.4, 0.5) is 0 Å². The van der Waals surface area contributed by atoms with Crippen LogP contribution in [0.1, 0.15) is 65.7 Å². The Labute approximate surface area is 139 Å². The fraction of sp³-hybridized carbons (Fsp3) is 0.800. The molecule has 3 heteroatoms. The van der Waals surface area contributed by atoms with Gasteiger partial charge in [0, 0.05) is 5.41 Å². The monoisotopic (exact) mass is 318 g/mol. The van der Waals surface area contributed by atoms with Crippen molar-refractivity contribution in [2.24, 2.45) is 28.1 Å². The largest absolute Gasteiger partial charge is 0.469 e. The zero-order valence-electron chi connectivity index (χ0n) is 15.0. The molecule has 0 radical (unpaired) electrons. The Hall–Kier alpha value is -1.12. The van der Waals surface area contributed by atoms with Gasteiger partial charge in [0.1, 0.15) is 6.29 Å². The van der Waals surface area contributed by atoms with Crippen LogP contribution in [0.3, 0.4) is 0 Å². The summed E-state index contributed by atoms with van der Waals surface area (Å²) in [5.74, 6) is 0.629. The number of fused-ring (bicyclic) bond motifs is 3. The zero-order valence-corrected chi connectivity index (χ0v) is 15.0. The van der Waals surface area contributed by atoms with Gasteiger partial charge in [-0.3, -0.25) is 4.79 Å². The molecule has 0 aromatic carbocycles. The van der Waals surface area contributed by atoms with Crippen molar-refractivity contribution in [1.82, 2.24) is 0 Å². The Morgan fingerprint density at radius 1 is 1.22 bits per heavy atom. The van der Waals surface area contributed by atoms with Gasteiger partial charge in [0.05, 0.1) is 12.5 Å². The third kappa shape index (κ3) is 2.22. The molecule has 0 saturated heterocycles. The van der Waals surface area contributed by atoms with Crippen molar-refractivity contribution < 1.29 is 14.3 Å². The van der Waals surface area contributed by atoms with Crippen LogP contribution in [-0.2, 0) is 14.3 Å². The average Bonchev–Trinajstić information content (AvgIpc) is 2.54. The average molecular weight is 318 g/mol. The third-order valence-electron chi connectivity index (χ3n) is 7.47. The van der Waals surface area contributed by atoms with Crippen molar-refractivity contribution in [2.75, 3.05) is 7.11 Å². The molecule has 0 aliphatic heterocycles. The number of carbonyl (C=O) groups is 2. The molecule has 3 aliphatic rings. The third-order valence-corrected chi connectivity index (χ3v) is 7.47. The van der Waals surface area contributed by atoms with E-state index in [9.17, 15) is 9.59 Å². The maximum atomic E-state index is 12.5. The molecular formula is C20H30O3. The number of rotatable bonds is 2. The van der Waals surface area contributed by atoms with Crippen molar-refractivity contribution in [1.29, 1.82) is 0 Å². The first-order valence-corrected chi connectivity index (χ1v) is 9.07. The van der Waals surface area contributed by atoms with Gasteiger partial charge in [-0.1, -0.05) is 31.9 Å². The Bertz CT molecular complexity index is 551. The molecule has 0 spiro atoms. The molecule has 0 aromatic heterocycles. The molecule has 0 N–H and O–H groups in total. The summed E-state index contributed by atoms with van der Waals surface area (Å²) >= 11 is 0. The van der Waals surface area contributed by atoms with Gasteiger partial charge in [-0.15, -0.1) is 0 Å². The van der Waals surface area contributed by atoms with E-state index in [0.717, 1.165) is 44.9 Å². The molecule has 2 fully saturated rings. The van der Waals surface area contributed by atoms with Gasteiger partial charge in [-0.25, -0.2) is 0 Å². The van der Waals surface area contributed by atoms with Gasteiger partial charge in [0.2, 0.25) is 0 Å². The molecule has 23 heavy (non-hydrogen) atoms. The molecule has 0 unspecified atom stereocenters. The zero-order chi connectivity index (χ0) is 16.9. The summed E-state index contributed by atoms with van der Waals surface area (Å²) < 4.78 is 5.17. The second-order valence-corrected chi connectivity index (χ2v) is 8.68. The Morgan fingerprint density at radius 2 is 1.96 bits per heavy atom. The van der Waals surface area contributed by atoms with E-state index in [0.29, 0.717) is 11.8 Å². The van der Waals surface area contributed by atoms with Crippen LogP contribution in [0.2, 0.25) is 0 Å². The summed E-state index contributed by atoms with van der Waals surface area (Å²) in [4.78, 5) is 24.3. The lowest BCUT2D eigenvalue weighted by Crippen LogP contribution is -2.54. The van der Waals surface area contributed by atoms with Crippen LogP contribution >= 0.6 is 0 Å². The van der Waals surface area contributed by atoms with Crippen LogP contribution in [0.15, 0.2) is 11.6 Å². The first-order valence-electron chi connectivity index (χ1n) is 9.07. The molecular weight excluding hydrogens is 288 g/mol. The van der Waals surface area contributed by atoms with E-state index in [1.54, 1.807) is 0 Å². The van der Waals surface area contributed by atoms with Gasteiger partial charge in [-0.2, -0.15) is 0 Å². The Balaban J connectivity index is 2.03. The molecule has 2 saturated carbocycles. The van der Waals surface area contributed by atoms with Crippen molar-refractivity contribution >= 4 is 12.3 Å². The number of methoxy groups -OCH3 is 1. The summed E-state index contributed by atoms with van der Waals surface area (Å²) in [5.41, 5.74) is 0.888. The SMILES string of the molecule is COC(=O)[C@]1(C)CCC[C@@]2(C)C3=CCC[C@@](C)(C=O)[C@H]3CC[C@@H]12. The smallest absolute Gasteiger partial charge is 0.311 e. The molecule has 0 heterocycles. The normalized spacial score (nSPS) is 46.2. The molecule has 3 rings (SSSR count). The molecule has 128 valence electrons. The van der Waals surface area contributed by atoms with E-state index >= 15 is 0 Å². The van der Waals surface area contributed by atoms with E-state index in [2.05, 4.69) is 26.8 Å². The van der Waals surface area contributed by atoms with Gasteiger partial charge < -0.3 is 9.53 Å². The molecule has 3 aliphatic carbocycles. The van der Waals surface area contributed by atoms with Crippen LogP contribution in [0.25, 0.3) is 0 Å². The molecule has 0 bridgehead atoms. The highest BCUT2D eigenvalue weighted by atomic mass is 16.5. The lowest BCUT2D eigenvalue weighted by molar-refractivity contribution is -0.165. The first-order chi connectivity index (χ1) is 10.8. The maximum Gasteiger partial charge on any atom is 0.311 e. The fourth-order valence-electron chi connectivity index (χ4n) is 6.14. The fourth-order valence-corrected chi connectivity index (χ4v) is 6.14. The van der Waals surface area contributed by atoms with Crippen molar-refractivity contribution in [3.05, 3.63) is 11.6 Å². The van der Waals surface area contributed by atoms with E-state index < -0.39 is 0 Å². The number of esters is 1. The number of ether oxygens (including phenoxy) is 1. The second kappa shape index (κ2) is 5.46. The minimum atomic E-state index is -0.386. The molecule has 3 nitrogen and oxygen atoms in total. The minimum absolute atomic E-state index is 0.0365. The van der Waals surface area contributed by atoms with Gasteiger partial charge in [-0.05, 0) is 62.7 Å². The van der Waals surface area contributed by atoms with Crippen LogP contribution in [-0.4, -0.2) is 19.4 Å². The highest BCUT2D eigenvalue weighted by Gasteiger charge is 2.59. The second-order valence-electron chi connectivity index (χ2n) is 8.68. The van der Waals surface area contributed by atoms with Crippen molar-refractivity contribution in [2.45, 2.75) is 65.7 Å². The standard InChI is InChI=1S/C20H30O3/c1-18(13-21)10-5-7-15-14(18)8-9-16-19(15,2)11-6-12-20(16,3)17(22)23-4/h7,13-14,16H,5-6,8-12H2,1-4H3/t14-,16+,18-,19-,20+/m0/s1.